The third kappa shape index (κ3) is 3.66. The number of nitrogens with zero attached hydrogens (tertiary/aromatic N) is 5. The molecular formula is C17H18FN7O. The van der Waals surface area contributed by atoms with Crippen LogP contribution in [-0.4, -0.2) is 42.9 Å². The summed E-state index contributed by atoms with van der Waals surface area (Å²) in [5.41, 5.74) is 6.42. The van der Waals surface area contributed by atoms with E-state index in [4.69, 9.17) is 5.73 Å². The molecule has 3 rings (SSSR count). The summed E-state index contributed by atoms with van der Waals surface area (Å²) in [5.74, 6) is -0.0723. The van der Waals surface area contributed by atoms with Crippen molar-refractivity contribution in [3.8, 4) is 17.2 Å². The zero-order valence-corrected chi connectivity index (χ0v) is 14.3. The van der Waals surface area contributed by atoms with Crippen molar-refractivity contribution in [2.24, 2.45) is 0 Å². The average Bonchev–Trinajstić information content (AvgIpc) is 3.08. The quantitative estimate of drug-likeness (QED) is 0.722. The molecule has 0 saturated carbocycles. The zero-order chi connectivity index (χ0) is 18.7. The molecule has 134 valence electrons. The van der Waals surface area contributed by atoms with Gasteiger partial charge >= 0.3 is 0 Å². The Morgan fingerprint density at radius 1 is 1.27 bits per heavy atom. The molecule has 3 N–H and O–H groups in total. The Bertz CT molecular complexity index is 907. The standard InChI is InChI=1S/C17H18FN7O/c1-17(2,10-18)23-16(26)13-7-14(12-4-3-11(19)8-22-12)25(24-13)15-9-20-5-6-21-15/h3-9H,10,19H2,1-2H3,(H,23,26). The Kier molecular flexibility index (Phi) is 4.61. The predicted molar refractivity (Wildman–Crippen MR) is 94.3 cm³/mol. The van der Waals surface area contributed by atoms with Crippen molar-refractivity contribution in [2.75, 3.05) is 12.4 Å². The fourth-order valence-corrected chi connectivity index (χ4v) is 2.21. The van der Waals surface area contributed by atoms with Gasteiger partial charge in [0.25, 0.3) is 5.91 Å². The maximum atomic E-state index is 13.0. The molecule has 0 bridgehead atoms. The van der Waals surface area contributed by atoms with E-state index in [1.54, 1.807) is 32.0 Å². The van der Waals surface area contributed by atoms with E-state index in [2.05, 4.69) is 25.4 Å². The number of nitrogens with two attached hydrogens (primary N) is 1. The van der Waals surface area contributed by atoms with Crippen LogP contribution in [0.15, 0.2) is 43.0 Å². The topological polar surface area (TPSA) is 112 Å². The first kappa shape index (κ1) is 17.5. The Morgan fingerprint density at radius 2 is 2.08 bits per heavy atom. The van der Waals surface area contributed by atoms with Crippen molar-refractivity contribution < 1.29 is 9.18 Å². The van der Waals surface area contributed by atoms with Crippen LogP contribution in [0.2, 0.25) is 0 Å². The minimum absolute atomic E-state index is 0.116. The lowest BCUT2D eigenvalue weighted by Crippen LogP contribution is -2.45. The molecule has 0 aromatic carbocycles. The van der Waals surface area contributed by atoms with Crippen molar-refractivity contribution in [3.05, 3.63) is 48.7 Å². The van der Waals surface area contributed by atoms with Gasteiger partial charge in [-0.15, -0.1) is 0 Å². The summed E-state index contributed by atoms with van der Waals surface area (Å²) in [6.07, 6.45) is 6.07. The van der Waals surface area contributed by atoms with Gasteiger partial charge in [0.15, 0.2) is 11.5 Å². The SMILES string of the molecule is CC(C)(CF)NC(=O)c1cc(-c2ccc(N)cn2)n(-c2cnccn2)n1. The fraction of sp³-hybridized carbons (Fsp3) is 0.235. The third-order valence-electron chi connectivity index (χ3n) is 3.54. The highest BCUT2D eigenvalue weighted by Gasteiger charge is 2.24. The van der Waals surface area contributed by atoms with E-state index in [-0.39, 0.29) is 5.69 Å². The number of anilines is 1. The number of hydrogen-bond acceptors (Lipinski definition) is 6. The van der Waals surface area contributed by atoms with Crippen molar-refractivity contribution in [2.45, 2.75) is 19.4 Å². The maximum absolute atomic E-state index is 13.0. The van der Waals surface area contributed by atoms with E-state index < -0.39 is 18.1 Å². The number of carbonyl (C=O) groups is 1. The Morgan fingerprint density at radius 3 is 2.69 bits per heavy atom. The van der Waals surface area contributed by atoms with Gasteiger partial charge in [0, 0.05) is 12.4 Å². The summed E-state index contributed by atoms with van der Waals surface area (Å²) in [4.78, 5) is 25.0. The second-order valence-electron chi connectivity index (χ2n) is 6.34. The van der Waals surface area contributed by atoms with Gasteiger partial charge in [-0.2, -0.15) is 5.10 Å². The van der Waals surface area contributed by atoms with Gasteiger partial charge in [0.05, 0.1) is 35.0 Å². The van der Waals surface area contributed by atoms with Crippen LogP contribution < -0.4 is 11.1 Å². The van der Waals surface area contributed by atoms with E-state index in [9.17, 15) is 9.18 Å². The number of rotatable bonds is 5. The highest BCUT2D eigenvalue weighted by atomic mass is 19.1. The maximum Gasteiger partial charge on any atom is 0.272 e. The minimum Gasteiger partial charge on any atom is -0.397 e. The number of nitrogen functional groups attached to an aromatic ring is 1. The fourth-order valence-electron chi connectivity index (χ4n) is 2.21. The molecule has 0 unspecified atom stereocenters. The summed E-state index contributed by atoms with van der Waals surface area (Å²) in [6, 6.07) is 4.98. The first-order valence-electron chi connectivity index (χ1n) is 7.86. The largest absolute Gasteiger partial charge is 0.397 e. The van der Waals surface area contributed by atoms with Crippen LogP contribution in [0.5, 0.6) is 0 Å². The van der Waals surface area contributed by atoms with Gasteiger partial charge in [0.1, 0.15) is 6.67 Å². The summed E-state index contributed by atoms with van der Waals surface area (Å²) < 4.78 is 14.5. The first-order valence-corrected chi connectivity index (χ1v) is 7.86. The smallest absolute Gasteiger partial charge is 0.272 e. The van der Waals surface area contributed by atoms with Gasteiger partial charge in [-0.05, 0) is 32.0 Å². The third-order valence-corrected chi connectivity index (χ3v) is 3.54. The van der Waals surface area contributed by atoms with E-state index in [0.717, 1.165) is 0 Å². The molecule has 0 spiro atoms. The van der Waals surface area contributed by atoms with Gasteiger partial charge in [0.2, 0.25) is 0 Å². The van der Waals surface area contributed by atoms with Crippen LogP contribution >= 0.6 is 0 Å². The molecule has 26 heavy (non-hydrogen) atoms. The van der Waals surface area contributed by atoms with Crippen molar-refractivity contribution in [1.82, 2.24) is 30.0 Å². The monoisotopic (exact) mass is 355 g/mol. The number of hydrogen-bond donors (Lipinski definition) is 2. The Labute approximate surface area is 149 Å². The van der Waals surface area contributed by atoms with Crippen molar-refractivity contribution in [1.29, 1.82) is 0 Å². The summed E-state index contributed by atoms with van der Waals surface area (Å²) in [5, 5.41) is 6.91. The number of alkyl halides is 1. The zero-order valence-electron chi connectivity index (χ0n) is 14.3. The molecule has 0 aliphatic heterocycles. The lowest BCUT2D eigenvalue weighted by molar-refractivity contribution is 0.0894. The summed E-state index contributed by atoms with van der Waals surface area (Å²) in [6.45, 7) is 2.48. The molecule has 0 saturated heterocycles. The van der Waals surface area contributed by atoms with Crippen molar-refractivity contribution in [3.63, 3.8) is 0 Å². The number of carbonyl (C=O) groups excluding carboxylic acids is 1. The molecule has 0 aliphatic rings. The van der Waals surface area contributed by atoms with Crippen LogP contribution in [0.4, 0.5) is 10.1 Å². The van der Waals surface area contributed by atoms with Crippen LogP contribution in [0, 0.1) is 0 Å². The number of nitrogens with one attached hydrogen (secondary N) is 1. The van der Waals surface area contributed by atoms with Gasteiger partial charge in [-0.25, -0.2) is 14.1 Å². The van der Waals surface area contributed by atoms with E-state index in [1.165, 1.54) is 29.5 Å². The van der Waals surface area contributed by atoms with Crippen molar-refractivity contribution >= 4 is 11.6 Å². The molecule has 0 aliphatic carbocycles. The van der Waals surface area contributed by atoms with Gasteiger partial charge < -0.3 is 11.1 Å². The molecule has 8 nitrogen and oxygen atoms in total. The lowest BCUT2D eigenvalue weighted by Gasteiger charge is -2.21. The number of pyridine rings is 1. The van der Waals surface area contributed by atoms with E-state index in [1.807, 2.05) is 0 Å². The molecule has 1 amide bonds. The van der Waals surface area contributed by atoms with Crippen LogP contribution in [0.25, 0.3) is 17.2 Å². The number of halogens is 1. The highest BCUT2D eigenvalue weighted by Crippen LogP contribution is 2.22. The summed E-state index contributed by atoms with van der Waals surface area (Å²) in [7, 11) is 0. The molecule has 3 aromatic heterocycles. The van der Waals surface area contributed by atoms with Crippen LogP contribution in [0.3, 0.4) is 0 Å². The lowest BCUT2D eigenvalue weighted by atomic mass is 10.1. The summed E-state index contributed by atoms with van der Waals surface area (Å²) >= 11 is 0. The van der Waals surface area contributed by atoms with E-state index >= 15 is 0 Å². The Balaban J connectivity index is 2.06. The molecular weight excluding hydrogens is 337 g/mol. The molecule has 0 radical (unpaired) electrons. The average molecular weight is 355 g/mol. The highest BCUT2D eigenvalue weighted by molar-refractivity contribution is 5.94. The molecule has 3 heterocycles. The Hall–Kier alpha value is -3.36. The predicted octanol–water partition coefficient (Wildman–Crippen LogP) is 1.78. The second kappa shape index (κ2) is 6.87. The number of aromatic nitrogens is 5. The molecule has 0 fully saturated rings. The number of amides is 1. The molecule has 3 aromatic rings. The van der Waals surface area contributed by atoms with Gasteiger partial charge in [-0.3, -0.25) is 14.8 Å². The van der Waals surface area contributed by atoms with Gasteiger partial charge in [-0.1, -0.05) is 0 Å². The first-order chi connectivity index (χ1) is 12.4. The minimum atomic E-state index is -0.993. The second-order valence-corrected chi connectivity index (χ2v) is 6.34. The van der Waals surface area contributed by atoms with E-state index in [0.29, 0.717) is 22.9 Å². The molecule has 9 heteroatoms. The van der Waals surface area contributed by atoms with Crippen LogP contribution in [-0.2, 0) is 0 Å². The molecule has 0 atom stereocenters. The van der Waals surface area contributed by atoms with Crippen LogP contribution in [0.1, 0.15) is 24.3 Å². The normalized spacial score (nSPS) is 11.3.